The van der Waals surface area contributed by atoms with Crippen LogP contribution in [-0.2, 0) is 19.1 Å². The molecule has 0 aromatic carbocycles. The van der Waals surface area contributed by atoms with E-state index < -0.39 is 24.8 Å². The van der Waals surface area contributed by atoms with Crippen LogP contribution in [0.1, 0.15) is 13.3 Å². The predicted octanol–water partition coefficient (Wildman–Crippen LogP) is -0.979. The molecule has 82 valence electrons. The van der Waals surface area contributed by atoms with Crippen LogP contribution in [0.3, 0.4) is 0 Å². The molecule has 0 amide bonds. The van der Waals surface area contributed by atoms with Crippen molar-refractivity contribution < 1.29 is 24.2 Å². The number of hydrogen-bond donors (Lipinski definition) is 2. The van der Waals surface area contributed by atoms with Gasteiger partial charge >= 0.3 is 11.9 Å². The molecule has 0 aliphatic heterocycles. The van der Waals surface area contributed by atoms with Crippen LogP contribution in [0.2, 0.25) is 0 Å². The number of carbonyl (C=O) groups is 2. The lowest BCUT2D eigenvalue weighted by Crippen LogP contribution is -2.27. The summed E-state index contributed by atoms with van der Waals surface area (Å²) in [5.74, 6) is -1.33. The molecule has 2 N–H and O–H groups in total. The molecular weight excluding hydrogens is 190 g/mol. The lowest BCUT2D eigenvalue weighted by molar-refractivity contribution is -0.172. The maximum atomic E-state index is 10.9. The molecule has 6 heteroatoms. The molecule has 0 aliphatic carbocycles. The monoisotopic (exact) mass is 205 g/mol. The van der Waals surface area contributed by atoms with E-state index in [4.69, 9.17) is 5.11 Å². The lowest BCUT2D eigenvalue weighted by Gasteiger charge is -2.09. The number of aliphatic hydroxyl groups is 1. The molecule has 0 aromatic heterocycles. The van der Waals surface area contributed by atoms with Crippen LogP contribution in [0.4, 0.5) is 0 Å². The zero-order valence-corrected chi connectivity index (χ0v) is 8.28. The van der Waals surface area contributed by atoms with Gasteiger partial charge in [-0.25, -0.2) is 4.79 Å². The van der Waals surface area contributed by atoms with Gasteiger partial charge in [-0.15, -0.1) is 0 Å². The Hall–Kier alpha value is -1.14. The van der Waals surface area contributed by atoms with E-state index in [0.29, 0.717) is 6.54 Å². The molecule has 0 saturated carbocycles. The minimum Gasteiger partial charge on any atom is -0.428 e. The summed E-state index contributed by atoms with van der Waals surface area (Å²) in [6, 6.07) is 0. The van der Waals surface area contributed by atoms with Gasteiger partial charge in [-0.05, 0) is 20.0 Å². The maximum Gasteiger partial charge on any atom is 0.337 e. The topological polar surface area (TPSA) is 84.9 Å². The number of nitrogens with one attached hydrogen (secondary N) is 1. The summed E-state index contributed by atoms with van der Waals surface area (Å²) in [5, 5.41) is 11.9. The van der Waals surface area contributed by atoms with Gasteiger partial charge in [-0.2, -0.15) is 0 Å². The Morgan fingerprint density at radius 2 is 2.07 bits per heavy atom. The molecule has 0 fully saturated rings. The summed E-state index contributed by atoms with van der Waals surface area (Å²) >= 11 is 0. The van der Waals surface area contributed by atoms with Crippen LogP contribution < -0.4 is 5.32 Å². The zero-order valence-electron chi connectivity index (χ0n) is 8.28. The van der Waals surface area contributed by atoms with Crippen LogP contribution in [0.5, 0.6) is 0 Å². The number of hydrogen-bond acceptors (Lipinski definition) is 6. The Morgan fingerprint density at radius 1 is 1.43 bits per heavy atom. The average molecular weight is 205 g/mol. The standard InChI is InChI=1S/C8H15NO5/c1-6(10)13-5-14-8(12)7(11)3-4-9-2/h7,9,11H,3-5H2,1-2H3. The average Bonchev–Trinajstić information content (AvgIpc) is 2.13. The van der Waals surface area contributed by atoms with Crippen molar-refractivity contribution in [2.24, 2.45) is 0 Å². The molecular formula is C8H15NO5. The highest BCUT2D eigenvalue weighted by Gasteiger charge is 2.15. The first-order valence-corrected chi connectivity index (χ1v) is 4.20. The van der Waals surface area contributed by atoms with Crippen molar-refractivity contribution in [3.05, 3.63) is 0 Å². The third-order valence-corrected chi connectivity index (χ3v) is 1.40. The molecule has 14 heavy (non-hydrogen) atoms. The SMILES string of the molecule is CNCCC(O)C(=O)OCOC(C)=O. The number of rotatable bonds is 6. The minimum atomic E-state index is -1.18. The zero-order chi connectivity index (χ0) is 11.0. The molecule has 6 nitrogen and oxygen atoms in total. The Labute approximate surface area is 82.2 Å². The number of carbonyl (C=O) groups excluding carboxylic acids is 2. The van der Waals surface area contributed by atoms with Crippen molar-refractivity contribution in [1.82, 2.24) is 5.32 Å². The van der Waals surface area contributed by atoms with E-state index in [1.807, 2.05) is 0 Å². The summed E-state index contributed by atoms with van der Waals surface area (Å²) in [5.41, 5.74) is 0. The number of esters is 2. The molecule has 0 spiro atoms. The Bertz CT molecular complexity index is 194. The second-order valence-corrected chi connectivity index (χ2v) is 2.63. The summed E-state index contributed by atoms with van der Waals surface area (Å²) in [6.45, 7) is 1.25. The first-order chi connectivity index (χ1) is 6.57. The van der Waals surface area contributed by atoms with E-state index in [-0.39, 0.29) is 6.42 Å². The highest BCUT2D eigenvalue weighted by Crippen LogP contribution is 1.94. The summed E-state index contributed by atoms with van der Waals surface area (Å²) in [6.07, 6.45) is -0.923. The van der Waals surface area contributed by atoms with Crippen molar-refractivity contribution in [2.45, 2.75) is 19.4 Å². The number of ether oxygens (including phenoxy) is 2. The molecule has 0 rings (SSSR count). The van der Waals surface area contributed by atoms with Crippen molar-refractivity contribution in [2.75, 3.05) is 20.4 Å². The highest BCUT2D eigenvalue weighted by molar-refractivity contribution is 5.74. The fraction of sp³-hybridized carbons (Fsp3) is 0.750. The fourth-order valence-electron chi connectivity index (χ4n) is 0.666. The van der Waals surface area contributed by atoms with E-state index in [1.165, 1.54) is 6.92 Å². The third kappa shape index (κ3) is 6.38. The van der Waals surface area contributed by atoms with Crippen LogP contribution in [0.25, 0.3) is 0 Å². The van der Waals surface area contributed by atoms with Crippen molar-refractivity contribution in [3.63, 3.8) is 0 Å². The van der Waals surface area contributed by atoms with Crippen molar-refractivity contribution >= 4 is 11.9 Å². The minimum absolute atomic E-state index is 0.259. The normalized spacial score (nSPS) is 11.9. The van der Waals surface area contributed by atoms with Gasteiger partial charge in [-0.1, -0.05) is 0 Å². The second-order valence-electron chi connectivity index (χ2n) is 2.63. The van der Waals surface area contributed by atoms with Crippen LogP contribution in [0.15, 0.2) is 0 Å². The molecule has 0 saturated heterocycles. The first-order valence-electron chi connectivity index (χ1n) is 4.20. The van der Waals surface area contributed by atoms with E-state index in [1.54, 1.807) is 7.05 Å². The smallest absolute Gasteiger partial charge is 0.337 e. The number of aliphatic hydroxyl groups excluding tert-OH is 1. The highest BCUT2D eigenvalue weighted by atomic mass is 16.7. The van der Waals surface area contributed by atoms with E-state index in [9.17, 15) is 9.59 Å². The second kappa shape index (κ2) is 7.28. The van der Waals surface area contributed by atoms with Crippen LogP contribution in [-0.4, -0.2) is 43.5 Å². The third-order valence-electron chi connectivity index (χ3n) is 1.40. The Kier molecular flexibility index (Phi) is 6.69. The molecule has 1 atom stereocenters. The molecule has 0 radical (unpaired) electrons. The summed E-state index contributed by atoms with van der Waals surface area (Å²) < 4.78 is 8.81. The van der Waals surface area contributed by atoms with Gasteiger partial charge in [0.25, 0.3) is 0 Å². The lowest BCUT2D eigenvalue weighted by atomic mass is 10.2. The van der Waals surface area contributed by atoms with Crippen LogP contribution >= 0.6 is 0 Å². The fourth-order valence-corrected chi connectivity index (χ4v) is 0.666. The van der Waals surface area contributed by atoms with Gasteiger partial charge < -0.3 is 19.9 Å². The Morgan fingerprint density at radius 3 is 2.57 bits per heavy atom. The van der Waals surface area contributed by atoms with Gasteiger partial charge in [-0.3, -0.25) is 4.79 Å². The quantitative estimate of drug-likeness (QED) is 0.428. The van der Waals surface area contributed by atoms with Crippen LogP contribution in [0, 0.1) is 0 Å². The van der Waals surface area contributed by atoms with Gasteiger partial charge in [0, 0.05) is 6.92 Å². The Balaban J connectivity index is 3.56. The summed E-state index contributed by atoms with van der Waals surface area (Å²) in [4.78, 5) is 21.2. The largest absolute Gasteiger partial charge is 0.428 e. The van der Waals surface area contributed by atoms with Gasteiger partial charge in [0.15, 0.2) is 6.10 Å². The predicted molar refractivity (Wildman–Crippen MR) is 47.3 cm³/mol. The van der Waals surface area contributed by atoms with Gasteiger partial charge in [0.2, 0.25) is 6.79 Å². The maximum absolute atomic E-state index is 10.9. The first kappa shape index (κ1) is 12.9. The van der Waals surface area contributed by atoms with Gasteiger partial charge in [0.05, 0.1) is 0 Å². The molecule has 1 unspecified atom stereocenters. The van der Waals surface area contributed by atoms with Crippen molar-refractivity contribution in [3.8, 4) is 0 Å². The molecule has 0 aliphatic rings. The molecule has 0 heterocycles. The van der Waals surface area contributed by atoms with Gasteiger partial charge in [0.1, 0.15) is 0 Å². The van der Waals surface area contributed by atoms with E-state index in [0.717, 1.165) is 0 Å². The summed E-state index contributed by atoms with van der Waals surface area (Å²) in [7, 11) is 1.71. The van der Waals surface area contributed by atoms with E-state index >= 15 is 0 Å². The van der Waals surface area contributed by atoms with Crippen molar-refractivity contribution in [1.29, 1.82) is 0 Å². The molecule has 0 aromatic rings. The molecule has 0 bridgehead atoms. The van der Waals surface area contributed by atoms with E-state index in [2.05, 4.69) is 14.8 Å².